The number of nitrogens with two attached hydrogens (primary N) is 1. The highest BCUT2D eigenvalue weighted by Gasteiger charge is 1.96. The minimum absolute atomic E-state index is 0.460. The highest BCUT2D eigenvalue weighted by atomic mass is 16.5. The van der Waals surface area contributed by atoms with E-state index in [0.717, 1.165) is 30.8 Å². The Morgan fingerprint density at radius 1 is 1.32 bits per heavy atom. The molecule has 0 aliphatic rings. The average Bonchev–Trinajstić information content (AvgIpc) is 3.05. The number of aliphatic imine (C=N–C) groups is 1. The van der Waals surface area contributed by atoms with E-state index in [1.807, 2.05) is 30.3 Å². The molecule has 0 aliphatic carbocycles. The van der Waals surface area contributed by atoms with Gasteiger partial charge in [-0.15, -0.1) is 0 Å². The second kappa shape index (κ2) is 9.57. The Labute approximate surface area is 130 Å². The molecule has 2 aromatic heterocycles. The first-order chi connectivity index (χ1) is 10.8. The third kappa shape index (κ3) is 6.41. The standard InChI is InChI=1S/C16H22N4O2/c17-16(20-10-7-14-5-1-2-8-18-14)19-9-4-11-21-13-15-6-3-12-22-15/h1-3,5-6,8,12H,4,7,9-11,13H2,(H3,17,19,20). The normalized spacial score (nSPS) is 11.5. The summed E-state index contributed by atoms with van der Waals surface area (Å²) >= 11 is 0. The maximum Gasteiger partial charge on any atom is 0.188 e. The maximum absolute atomic E-state index is 5.79. The van der Waals surface area contributed by atoms with E-state index >= 15 is 0 Å². The van der Waals surface area contributed by atoms with Crippen molar-refractivity contribution < 1.29 is 9.15 Å². The Hall–Kier alpha value is -2.34. The number of hydrogen-bond donors (Lipinski definition) is 2. The Morgan fingerprint density at radius 2 is 2.27 bits per heavy atom. The number of nitrogens with zero attached hydrogens (tertiary/aromatic N) is 2. The lowest BCUT2D eigenvalue weighted by Crippen LogP contribution is -2.33. The van der Waals surface area contributed by atoms with Crippen LogP contribution in [0.15, 0.2) is 52.2 Å². The van der Waals surface area contributed by atoms with Crippen LogP contribution < -0.4 is 11.1 Å². The molecule has 0 aliphatic heterocycles. The van der Waals surface area contributed by atoms with Crippen LogP contribution in [-0.2, 0) is 17.8 Å². The van der Waals surface area contributed by atoms with Crippen molar-refractivity contribution in [3.8, 4) is 0 Å². The molecule has 118 valence electrons. The van der Waals surface area contributed by atoms with Crippen molar-refractivity contribution in [3.05, 3.63) is 54.2 Å². The van der Waals surface area contributed by atoms with E-state index in [2.05, 4.69) is 15.3 Å². The first kappa shape index (κ1) is 16.0. The number of rotatable bonds is 9. The van der Waals surface area contributed by atoms with E-state index in [4.69, 9.17) is 14.9 Å². The molecular formula is C16H22N4O2. The fourth-order valence-electron chi connectivity index (χ4n) is 1.85. The molecule has 22 heavy (non-hydrogen) atoms. The predicted molar refractivity (Wildman–Crippen MR) is 85.4 cm³/mol. The van der Waals surface area contributed by atoms with Gasteiger partial charge in [-0.1, -0.05) is 6.07 Å². The third-order valence-electron chi connectivity index (χ3n) is 2.97. The van der Waals surface area contributed by atoms with Crippen LogP contribution >= 0.6 is 0 Å². The summed E-state index contributed by atoms with van der Waals surface area (Å²) in [5, 5.41) is 3.08. The van der Waals surface area contributed by atoms with Gasteiger partial charge >= 0.3 is 0 Å². The monoisotopic (exact) mass is 302 g/mol. The quantitative estimate of drug-likeness (QED) is 0.418. The summed E-state index contributed by atoms with van der Waals surface area (Å²) in [6.07, 6.45) is 5.07. The van der Waals surface area contributed by atoms with Crippen LogP contribution in [0.25, 0.3) is 0 Å². The zero-order valence-corrected chi connectivity index (χ0v) is 12.6. The molecular weight excluding hydrogens is 280 g/mol. The van der Waals surface area contributed by atoms with Crippen molar-refractivity contribution in [2.75, 3.05) is 19.7 Å². The average molecular weight is 302 g/mol. The predicted octanol–water partition coefficient (Wildman–Crippen LogP) is 1.73. The second-order valence-corrected chi connectivity index (χ2v) is 4.75. The number of pyridine rings is 1. The molecule has 2 heterocycles. The first-order valence-electron chi connectivity index (χ1n) is 7.38. The van der Waals surface area contributed by atoms with Crippen LogP contribution in [0, 0.1) is 0 Å². The van der Waals surface area contributed by atoms with E-state index in [-0.39, 0.29) is 0 Å². The Balaban J connectivity index is 1.50. The number of guanidine groups is 1. The van der Waals surface area contributed by atoms with Crippen LogP contribution in [0.4, 0.5) is 0 Å². The second-order valence-electron chi connectivity index (χ2n) is 4.75. The molecule has 0 atom stereocenters. The number of aromatic nitrogens is 1. The molecule has 6 heteroatoms. The molecule has 0 spiro atoms. The lowest BCUT2D eigenvalue weighted by atomic mass is 10.3. The maximum atomic E-state index is 5.79. The number of ether oxygens (including phenoxy) is 1. The minimum atomic E-state index is 0.460. The molecule has 0 saturated carbocycles. The molecule has 0 unspecified atom stereocenters. The van der Waals surface area contributed by atoms with Gasteiger partial charge in [-0.2, -0.15) is 0 Å². The van der Waals surface area contributed by atoms with Crippen molar-refractivity contribution in [3.63, 3.8) is 0 Å². The van der Waals surface area contributed by atoms with Gasteiger partial charge in [-0.25, -0.2) is 0 Å². The van der Waals surface area contributed by atoms with Crippen molar-refractivity contribution in [1.82, 2.24) is 10.3 Å². The number of furan rings is 1. The molecule has 0 bridgehead atoms. The van der Waals surface area contributed by atoms with Gasteiger partial charge < -0.3 is 20.2 Å². The summed E-state index contributed by atoms with van der Waals surface area (Å²) in [5.74, 6) is 1.29. The first-order valence-corrected chi connectivity index (χ1v) is 7.38. The van der Waals surface area contributed by atoms with Crippen LogP contribution in [0.3, 0.4) is 0 Å². The lowest BCUT2D eigenvalue weighted by molar-refractivity contribution is 0.105. The molecule has 6 nitrogen and oxygen atoms in total. The molecule has 0 amide bonds. The fraction of sp³-hybridized carbons (Fsp3) is 0.375. The molecule has 0 radical (unpaired) electrons. The van der Waals surface area contributed by atoms with E-state index in [1.165, 1.54) is 0 Å². The zero-order valence-electron chi connectivity index (χ0n) is 12.6. The topological polar surface area (TPSA) is 85.7 Å². The number of nitrogens with one attached hydrogen (secondary N) is 1. The fourth-order valence-corrected chi connectivity index (χ4v) is 1.85. The smallest absolute Gasteiger partial charge is 0.188 e. The van der Waals surface area contributed by atoms with Gasteiger partial charge in [0.25, 0.3) is 0 Å². The summed E-state index contributed by atoms with van der Waals surface area (Å²) in [6.45, 7) is 2.49. The van der Waals surface area contributed by atoms with Crippen LogP contribution in [0.2, 0.25) is 0 Å². The van der Waals surface area contributed by atoms with Gasteiger partial charge in [-0.3, -0.25) is 9.98 Å². The SMILES string of the molecule is NC(=NCCCOCc1ccco1)NCCc1ccccn1. The van der Waals surface area contributed by atoms with Gasteiger partial charge in [0, 0.05) is 38.0 Å². The van der Waals surface area contributed by atoms with Gasteiger partial charge in [-0.05, 0) is 30.7 Å². The Morgan fingerprint density at radius 3 is 3.05 bits per heavy atom. The Kier molecular flexibility index (Phi) is 6.98. The number of hydrogen-bond acceptors (Lipinski definition) is 4. The molecule has 2 aromatic rings. The summed E-state index contributed by atoms with van der Waals surface area (Å²) in [4.78, 5) is 8.50. The van der Waals surface area contributed by atoms with Crippen LogP contribution in [0.5, 0.6) is 0 Å². The summed E-state index contributed by atoms with van der Waals surface area (Å²) in [6, 6.07) is 9.61. The highest BCUT2D eigenvalue weighted by Crippen LogP contribution is 2.01. The summed E-state index contributed by atoms with van der Waals surface area (Å²) in [7, 11) is 0. The molecule has 0 aromatic carbocycles. The van der Waals surface area contributed by atoms with E-state index in [1.54, 1.807) is 12.5 Å². The molecule has 0 saturated heterocycles. The highest BCUT2D eigenvalue weighted by molar-refractivity contribution is 5.77. The van der Waals surface area contributed by atoms with Gasteiger partial charge in [0.1, 0.15) is 12.4 Å². The zero-order chi connectivity index (χ0) is 15.5. The van der Waals surface area contributed by atoms with E-state index < -0.39 is 0 Å². The summed E-state index contributed by atoms with van der Waals surface area (Å²) < 4.78 is 10.6. The minimum Gasteiger partial charge on any atom is -0.467 e. The van der Waals surface area contributed by atoms with Crippen molar-refractivity contribution in [2.45, 2.75) is 19.4 Å². The lowest BCUT2D eigenvalue weighted by Gasteiger charge is -2.05. The van der Waals surface area contributed by atoms with Gasteiger partial charge in [0.05, 0.1) is 6.26 Å². The van der Waals surface area contributed by atoms with E-state index in [0.29, 0.717) is 25.7 Å². The summed E-state index contributed by atoms with van der Waals surface area (Å²) in [5.41, 5.74) is 6.83. The third-order valence-corrected chi connectivity index (χ3v) is 2.97. The van der Waals surface area contributed by atoms with Crippen LogP contribution in [0.1, 0.15) is 17.9 Å². The van der Waals surface area contributed by atoms with Crippen LogP contribution in [-0.4, -0.2) is 30.6 Å². The largest absolute Gasteiger partial charge is 0.467 e. The molecule has 2 rings (SSSR count). The van der Waals surface area contributed by atoms with Gasteiger partial charge in [0.2, 0.25) is 0 Å². The van der Waals surface area contributed by atoms with Crippen molar-refractivity contribution >= 4 is 5.96 Å². The van der Waals surface area contributed by atoms with Crippen molar-refractivity contribution in [1.29, 1.82) is 0 Å². The Bertz CT molecular complexity index is 541. The van der Waals surface area contributed by atoms with Gasteiger partial charge in [0.15, 0.2) is 5.96 Å². The molecule has 0 fully saturated rings. The van der Waals surface area contributed by atoms with Crippen molar-refractivity contribution in [2.24, 2.45) is 10.7 Å². The van der Waals surface area contributed by atoms with E-state index in [9.17, 15) is 0 Å². The molecule has 3 N–H and O–H groups in total.